The number of rotatable bonds is 1. The van der Waals surface area contributed by atoms with Gasteiger partial charge in [0, 0.05) is 5.39 Å². The molecule has 0 saturated carbocycles. The topological polar surface area (TPSA) is 26.0 Å². The molecule has 2 heteroatoms. The first-order valence-corrected chi connectivity index (χ1v) is 5.16. The molecule has 0 amide bonds. The monoisotopic (exact) mass is 191 g/mol. The fraction of sp³-hybridized carbons (Fsp3) is 0.417. The van der Waals surface area contributed by atoms with Crippen LogP contribution in [0.1, 0.15) is 32.0 Å². The first kappa shape index (κ1) is 10.8. The van der Waals surface area contributed by atoms with Gasteiger partial charge in [0.25, 0.3) is 0 Å². The third-order valence-corrected chi connectivity index (χ3v) is 2.04. The van der Waals surface area contributed by atoms with Gasteiger partial charge in [-0.2, -0.15) is 0 Å². The van der Waals surface area contributed by atoms with Crippen molar-refractivity contribution in [2.24, 2.45) is 0 Å². The summed E-state index contributed by atoms with van der Waals surface area (Å²) in [6.45, 7) is 8.16. The van der Waals surface area contributed by atoms with E-state index in [0.717, 1.165) is 23.1 Å². The first-order valence-electron chi connectivity index (χ1n) is 5.16. The molecule has 0 aliphatic carbocycles. The Balaban J connectivity index is 0.000000461. The van der Waals surface area contributed by atoms with E-state index in [-0.39, 0.29) is 0 Å². The van der Waals surface area contributed by atoms with E-state index in [4.69, 9.17) is 4.52 Å². The van der Waals surface area contributed by atoms with Gasteiger partial charge in [-0.3, -0.25) is 0 Å². The summed E-state index contributed by atoms with van der Waals surface area (Å²) in [7, 11) is 0. The maximum absolute atomic E-state index is 5.14. The Bertz CT molecular complexity index is 404. The lowest BCUT2D eigenvalue weighted by atomic mass is 10.1. The molecular weight excluding hydrogens is 174 g/mol. The Hall–Kier alpha value is -1.31. The van der Waals surface area contributed by atoms with E-state index in [1.165, 1.54) is 5.56 Å². The van der Waals surface area contributed by atoms with E-state index < -0.39 is 0 Å². The lowest BCUT2D eigenvalue weighted by molar-refractivity contribution is 0.447. The molecule has 0 aliphatic rings. The van der Waals surface area contributed by atoms with Gasteiger partial charge < -0.3 is 4.52 Å². The summed E-state index contributed by atoms with van der Waals surface area (Å²) in [5.41, 5.74) is 3.19. The van der Waals surface area contributed by atoms with E-state index >= 15 is 0 Å². The SMILES string of the molecule is CC.CCc1noc2ccc(C)cc12. The summed E-state index contributed by atoms with van der Waals surface area (Å²) in [6.07, 6.45) is 0.927. The molecule has 0 N–H and O–H groups in total. The summed E-state index contributed by atoms with van der Waals surface area (Å²) in [6, 6.07) is 6.12. The molecule has 2 rings (SSSR count). The molecule has 0 bridgehead atoms. The Morgan fingerprint density at radius 1 is 1.29 bits per heavy atom. The summed E-state index contributed by atoms with van der Waals surface area (Å²) >= 11 is 0. The molecule has 0 fully saturated rings. The fourth-order valence-corrected chi connectivity index (χ4v) is 1.36. The average molecular weight is 191 g/mol. The number of aromatic nitrogens is 1. The highest BCUT2D eigenvalue weighted by Gasteiger charge is 2.04. The molecule has 0 spiro atoms. The van der Waals surface area contributed by atoms with Gasteiger partial charge in [0.1, 0.15) is 0 Å². The van der Waals surface area contributed by atoms with Crippen LogP contribution in [0.25, 0.3) is 11.0 Å². The van der Waals surface area contributed by atoms with Crippen LogP contribution in [0.4, 0.5) is 0 Å². The van der Waals surface area contributed by atoms with Crippen molar-refractivity contribution in [3.63, 3.8) is 0 Å². The van der Waals surface area contributed by atoms with Crippen LogP contribution >= 0.6 is 0 Å². The molecule has 2 nitrogen and oxygen atoms in total. The van der Waals surface area contributed by atoms with Crippen LogP contribution in [0.3, 0.4) is 0 Å². The number of aryl methyl sites for hydroxylation is 2. The number of nitrogens with zero attached hydrogens (tertiary/aromatic N) is 1. The molecule has 1 aromatic heterocycles. The molecule has 2 aromatic rings. The normalized spacial score (nSPS) is 9.71. The van der Waals surface area contributed by atoms with Crippen LogP contribution in [-0.4, -0.2) is 5.16 Å². The second-order valence-electron chi connectivity index (χ2n) is 2.98. The van der Waals surface area contributed by atoms with Gasteiger partial charge in [0.15, 0.2) is 5.58 Å². The smallest absolute Gasteiger partial charge is 0.167 e. The third kappa shape index (κ3) is 1.95. The predicted octanol–water partition coefficient (Wildman–Crippen LogP) is 3.72. The van der Waals surface area contributed by atoms with Crippen molar-refractivity contribution in [3.05, 3.63) is 29.5 Å². The van der Waals surface area contributed by atoms with Gasteiger partial charge in [-0.15, -0.1) is 0 Å². The summed E-state index contributed by atoms with van der Waals surface area (Å²) < 4.78 is 5.14. The molecule has 1 aromatic carbocycles. The third-order valence-electron chi connectivity index (χ3n) is 2.04. The van der Waals surface area contributed by atoms with Crippen LogP contribution in [0, 0.1) is 6.92 Å². The van der Waals surface area contributed by atoms with Crippen molar-refractivity contribution in [2.45, 2.75) is 34.1 Å². The second kappa shape index (κ2) is 4.80. The van der Waals surface area contributed by atoms with Crippen LogP contribution < -0.4 is 0 Å². The molecule has 0 radical (unpaired) electrons. The maximum atomic E-state index is 5.14. The quantitative estimate of drug-likeness (QED) is 0.686. The van der Waals surface area contributed by atoms with Crippen molar-refractivity contribution in [2.75, 3.05) is 0 Å². The summed E-state index contributed by atoms with van der Waals surface area (Å²) in [5, 5.41) is 5.13. The zero-order valence-electron chi connectivity index (χ0n) is 9.29. The Kier molecular flexibility index (Phi) is 3.69. The van der Waals surface area contributed by atoms with Gasteiger partial charge >= 0.3 is 0 Å². The van der Waals surface area contributed by atoms with E-state index in [1.54, 1.807) is 0 Å². The largest absolute Gasteiger partial charge is 0.356 e. The fourth-order valence-electron chi connectivity index (χ4n) is 1.36. The van der Waals surface area contributed by atoms with E-state index in [1.807, 2.05) is 26.0 Å². The summed E-state index contributed by atoms with van der Waals surface area (Å²) in [5.74, 6) is 0. The Labute approximate surface area is 84.9 Å². The number of hydrogen-bond acceptors (Lipinski definition) is 2. The molecule has 0 saturated heterocycles. The molecule has 0 aliphatic heterocycles. The lowest BCUT2D eigenvalue weighted by Crippen LogP contribution is -1.79. The highest BCUT2D eigenvalue weighted by atomic mass is 16.5. The molecule has 0 atom stereocenters. The first-order chi connectivity index (χ1) is 6.81. The molecule has 14 heavy (non-hydrogen) atoms. The van der Waals surface area contributed by atoms with Crippen molar-refractivity contribution in [1.29, 1.82) is 0 Å². The highest BCUT2D eigenvalue weighted by molar-refractivity contribution is 5.80. The number of fused-ring (bicyclic) bond motifs is 1. The minimum absolute atomic E-state index is 0.887. The van der Waals surface area contributed by atoms with Gasteiger partial charge in [-0.05, 0) is 25.5 Å². The Morgan fingerprint density at radius 3 is 2.64 bits per heavy atom. The van der Waals surface area contributed by atoms with Crippen LogP contribution in [0.15, 0.2) is 22.7 Å². The van der Waals surface area contributed by atoms with Gasteiger partial charge in [0.2, 0.25) is 0 Å². The van der Waals surface area contributed by atoms with E-state index in [0.29, 0.717) is 0 Å². The maximum Gasteiger partial charge on any atom is 0.167 e. The van der Waals surface area contributed by atoms with Crippen molar-refractivity contribution in [1.82, 2.24) is 5.16 Å². The molecular formula is C12H17NO. The summed E-state index contributed by atoms with van der Waals surface area (Å²) in [4.78, 5) is 0. The number of benzene rings is 1. The molecule has 76 valence electrons. The van der Waals surface area contributed by atoms with E-state index in [2.05, 4.69) is 25.1 Å². The lowest BCUT2D eigenvalue weighted by Gasteiger charge is -1.91. The second-order valence-corrected chi connectivity index (χ2v) is 2.98. The highest BCUT2D eigenvalue weighted by Crippen LogP contribution is 2.19. The van der Waals surface area contributed by atoms with Crippen molar-refractivity contribution < 1.29 is 4.52 Å². The minimum atomic E-state index is 0.887. The Morgan fingerprint density at radius 2 is 2.00 bits per heavy atom. The van der Waals surface area contributed by atoms with Crippen LogP contribution in [0.5, 0.6) is 0 Å². The van der Waals surface area contributed by atoms with Crippen molar-refractivity contribution >= 4 is 11.0 Å². The molecule has 1 heterocycles. The minimum Gasteiger partial charge on any atom is -0.356 e. The zero-order chi connectivity index (χ0) is 10.6. The van der Waals surface area contributed by atoms with Gasteiger partial charge in [0.05, 0.1) is 5.69 Å². The van der Waals surface area contributed by atoms with Crippen LogP contribution in [0.2, 0.25) is 0 Å². The molecule has 0 unspecified atom stereocenters. The predicted molar refractivity (Wildman–Crippen MR) is 59.5 cm³/mol. The van der Waals surface area contributed by atoms with Gasteiger partial charge in [-0.1, -0.05) is 37.6 Å². The average Bonchev–Trinajstić information content (AvgIpc) is 2.63. The number of hydrogen-bond donors (Lipinski definition) is 0. The standard InChI is InChI=1S/C10H11NO.C2H6/c1-3-9-8-6-7(2)4-5-10(8)12-11-9;1-2/h4-6H,3H2,1-2H3;1-2H3. The zero-order valence-corrected chi connectivity index (χ0v) is 9.29. The van der Waals surface area contributed by atoms with Crippen molar-refractivity contribution in [3.8, 4) is 0 Å². The van der Waals surface area contributed by atoms with Crippen LogP contribution in [-0.2, 0) is 6.42 Å². The van der Waals surface area contributed by atoms with Gasteiger partial charge in [-0.25, -0.2) is 0 Å². The van der Waals surface area contributed by atoms with E-state index in [9.17, 15) is 0 Å².